The Hall–Kier alpha value is -2.41. The molecule has 25 heavy (non-hydrogen) atoms. The molecule has 2 aromatic rings. The van der Waals surface area contributed by atoms with Crippen molar-refractivity contribution in [2.45, 2.75) is 32.7 Å². The topological polar surface area (TPSA) is 68.6 Å². The molecule has 0 aliphatic carbocycles. The zero-order valence-electron chi connectivity index (χ0n) is 14.3. The number of fused-ring (bicyclic) bond motifs is 1. The van der Waals surface area contributed by atoms with Gasteiger partial charge in [0.2, 0.25) is 5.91 Å². The summed E-state index contributed by atoms with van der Waals surface area (Å²) in [5.41, 5.74) is 3.02. The largest absolute Gasteiger partial charge is 0.465 e. The molecule has 0 fully saturated rings. The molecule has 1 aromatic heterocycles. The number of esters is 1. The van der Waals surface area contributed by atoms with Crippen LogP contribution in [0.25, 0.3) is 0 Å². The third kappa shape index (κ3) is 3.37. The quantitative estimate of drug-likeness (QED) is 0.785. The third-order valence-electron chi connectivity index (χ3n) is 4.48. The van der Waals surface area contributed by atoms with E-state index in [4.69, 9.17) is 4.74 Å². The van der Waals surface area contributed by atoms with Gasteiger partial charge in [-0.25, -0.2) is 4.79 Å². The van der Waals surface area contributed by atoms with Gasteiger partial charge in [-0.3, -0.25) is 9.59 Å². The number of nitrogens with zero attached hydrogens (tertiary/aromatic N) is 2. The van der Waals surface area contributed by atoms with E-state index in [1.807, 2.05) is 13.0 Å². The van der Waals surface area contributed by atoms with Gasteiger partial charge < -0.3 is 14.2 Å². The molecule has 132 valence electrons. The van der Waals surface area contributed by atoms with Gasteiger partial charge in [0.25, 0.3) is 0 Å². The van der Waals surface area contributed by atoms with E-state index in [2.05, 4.69) is 0 Å². The Morgan fingerprint density at radius 2 is 2.12 bits per heavy atom. The zero-order chi connectivity index (χ0) is 18.0. The van der Waals surface area contributed by atoms with E-state index in [0.717, 1.165) is 41.1 Å². The van der Waals surface area contributed by atoms with Gasteiger partial charge in [-0.05, 0) is 37.5 Å². The molecule has 0 radical (unpaired) electrons. The van der Waals surface area contributed by atoms with Crippen molar-refractivity contribution >= 4 is 28.9 Å². The number of carbonyl (C=O) groups excluding carboxylic acids is 2. The first kappa shape index (κ1) is 17.4. The van der Waals surface area contributed by atoms with Crippen molar-refractivity contribution in [3.63, 3.8) is 0 Å². The predicted octanol–water partition coefficient (Wildman–Crippen LogP) is 2.37. The van der Waals surface area contributed by atoms with Crippen LogP contribution in [0.5, 0.6) is 0 Å². The van der Waals surface area contributed by atoms with Gasteiger partial charge in [0.05, 0.1) is 12.7 Å². The lowest BCUT2D eigenvalue weighted by molar-refractivity contribution is -0.118. The average molecular weight is 360 g/mol. The minimum absolute atomic E-state index is 0.0412. The molecule has 1 aromatic carbocycles. The highest BCUT2D eigenvalue weighted by Gasteiger charge is 2.26. The van der Waals surface area contributed by atoms with Crippen LogP contribution >= 0.6 is 11.3 Å². The number of anilines is 1. The fraction of sp³-hybridized carbons (Fsp3) is 0.389. The fourth-order valence-corrected chi connectivity index (χ4v) is 3.96. The van der Waals surface area contributed by atoms with Crippen LogP contribution in [0.2, 0.25) is 0 Å². The molecule has 0 N–H and O–H groups in total. The van der Waals surface area contributed by atoms with Gasteiger partial charge in [-0.2, -0.15) is 0 Å². The SMILES string of the molecule is COC(=O)c1cccc2c1CCCN2C(=O)CCn1c(C)csc1=O. The number of amides is 1. The smallest absolute Gasteiger partial charge is 0.338 e. The Morgan fingerprint density at radius 3 is 2.80 bits per heavy atom. The third-order valence-corrected chi connectivity index (χ3v) is 5.36. The van der Waals surface area contributed by atoms with E-state index >= 15 is 0 Å². The molecule has 6 nitrogen and oxygen atoms in total. The van der Waals surface area contributed by atoms with Crippen LogP contribution in [0, 0.1) is 6.92 Å². The molecule has 0 spiro atoms. The van der Waals surface area contributed by atoms with E-state index in [-0.39, 0.29) is 23.2 Å². The Morgan fingerprint density at radius 1 is 1.32 bits per heavy atom. The molecule has 0 unspecified atom stereocenters. The molecular formula is C18H20N2O4S. The van der Waals surface area contributed by atoms with Crippen molar-refractivity contribution in [3.05, 3.63) is 50.1 Å². The van der Waals surface area contributed by atoms with E-state index < -0.39 is 0 Å². The first-order chi connectivity index (χ1) is 12.0. The number of benzene rings is 1. The second kappa shape index (κ2) is 7.23. The molecule has 1 aliphatic heterocycles. The van der Waals surface area contributed by atoms with E-state index in [1.165, 1.54) is 7.11 Å². The fourth-order valence-electron chi connectivity index (χ4n) is 3.20. The van der Waals surface area contributed by atoms with Gasteiger partial charge in [-0.1, -0.05) is 17.4 Å². The number of hydrogen-bond donors (Lipinski definition) is 0. The van der Waals surface area contributed by atoms with Crippen molar-refractivity contribution in [2.24, 2.45) is 0 Å². The summed E-state index contributed by atoms with van der Waals surface area (Å²) in [7, 11) is 1.36. The van der Waals surface area contributed by atoms with Crippen LogP contribution in [-0.4, -0.2) is 30.1 Å². The highest BCUT2D eigenvalue weighted by atomic mass is 32.1. The van der Waals surface area contributed by atoms with Crippen LogP contribution in [-0.2, 0) is 22.5 Å². The summed E-state index contributed by atoms with van der Waals surface area (Å²) in [5.74, 6) is -0.424. The number of ether oxygens (including phenoxy) is 1. The molecule has 3 rings (SSSR count). The van der Waals surface area contributed by atoms with Crippen LogP contribution in [0.15, 0.2) is 28.4 Å². The molecule has 1 amide bonds. The van der Waals surface area contributed by atoms with E-state index in [0.29, 0.717) is 18.7 Å². The Labute approximate surface area is 149 Å². The summed E-state index contributed by atoms with van der Waals surface area (Å²) in [6.07, 6.45) is 1.79. The molecule has 7 heteroatoms. The average Bonchev–Trinajstić information content (AvgIpc) is 2.95. The summed E-state index contributed by atoms with van der Waals surface area (Å²) in [6, 6.07) is 5.36. The summed E-state index contributed by atoms with van der Waals surface area (Å²) < 4.78 is 6.46. The van der Waals surface area contributed by atoms with Gasteiger partial charge >= 0.3 is 10.8 Å². The minimum Gasteiger partial charge on any atom is -0.465 e. The van der Waals surface area contributed by atoms with Crippen molar-refractivity contribution < 1.29 is 14.3 Å². The van der Waals surface area contributed by atoms with Crippen LogP contribution in [0.3, 0.4) is 0 Å². The predicted molar refractivity (Wildman–Crippen MR) is 96.4 cm³/mol. The van der Waals surface area contributed by atoms with E-state index in [9.17, 15) is 14.4 Å². The minimum atomic E-state index is -0.383. The van der Waals surface area contributed by atoms with E-state index in [1.54, 1.807) is 27.0 Å². The maximum Gasteiger partial charge on any atom is 0.338 e. The van der Waals surface area contributed by atoms with Crippen molar-refractivity contribution in [1.82, 2.24) is 4.57 Å². The van der Waals surface area contributed by atoms with Crippen molar-refractivity contribution in [2.75, 3.05) is 18.6 Å². The highest BCUT2D eigenvalue weighted by molar-refractivity contribution is 7.07. The Kier molecular flexibility index (Phi) is 5.03. The van der Waals surface area contributed by atoms with Crippen LogP contribution in [0.1, 0.15) is 34.5 Å². The highest BCUT2D eigenvalue weighted by Crippen LogP contribution is 2.30. The van der Waals surface area contributed by atoms with Gasteiger partial charge in [0.15, 0.2) is 0 Å². The van der Waals surface area contributed by atoms with Gasteiger partial charge in [0.1, 0.15) is 0 Å². The molecule has 0 bridgehead atoms. The first-order valence-corrected chi connectivity index (χ1v) is 9.06. The van der Waals surface area contributed by atoms with Crippen LogP contribution in [0.4, 0.5) is 5.69 Å². The lowest BCUT2D eigenvalue weighted by Crippen LogP contribution is -2.37. The second-order valence-corrected chi connectivity index (χ2v) is 6.81. The summed E-state index contributed by atoms with van der Waals surface area (Å²) in [5, 5.41) is 1.80. The molecule has 0 saturated heterocycles. The monoisotopic (exact) mass is 360 g/mol. The Balaban J connectivity index is 1.82. The molecule has 0 saturated carbocycles. The number of carbonyl (C=O) groups is 2. The first-order valence-electron chi connectivity index (χ1n) is 8.18. The summed E-state index contributed by atoms with van der Waals surface area (Å²) in [4.78, 5) is 38.1. The van der Waals surface area contributed by atoms with Crippen molar-refractivity contribution in [3.8, 4) is 0 Å². The number of aryl methyl sites for hydroxylation is 1. The zero-order valence-corrected chi connectivity index (χ0v) is 15.1. The van der Waals surface area contributed by atoms with Crippen molar-refractivity contribution in [1.29, 1.82) is 0 Å². The standard InChI is InChI=1S/C18H20N2O4S/c1-12-11-25-18(23)19(12)10-8-16(21)20-9-4-6-13-14(17(22)24-2)5-3-7-15(13)20/h3,5,7,11H,4,6,8-10H2,1-2H3. The Bertz CT molecular complexity index is 868. The van der Waals surface area contributed by atoms with Gasteiger partial charge in [-0.15, -0.1) is 0 Å². The molecule has 2 heterocycles. The number of rotatable bonds is 4. The maximum atomic E-state index is 12.7. The lowest BCUT2D eigenvalue weighted by Gasteiger charge is -2.30. The summed E-state index contributed by atoms with van der Waals surface area (Å²) >= 11 is 1.15. The molecule has 1 aliphatic rings. The number of methoxy groups -OCH3 is 1. The molecular weight excluding hydrogens is 340 g/mol. The summed E-state index contributed by atoms with van der Waals surface area (Å²) in [6.45, 7) is 2.85. The molecule has 0 atom stereocenters. The second-order valence-electron chi connectivity index (χ2n) is 5.99. The number of hydrogen-bond acceptors (Lipinski definition) is 5. The number of thiazole rings is 1. The van der Waals surface area contributed by atoms with Crippen LogP contribution < -0.4 is 9.77 Å². The maximum absolute atomic E-state index is 12.7. The van der Waals surface area contributed by atoms with Gasteiger partial charge in [0, 0.05) is 36.3 Å². The lowest BCUT2D eigenvalue weighted by atomic mass is 9.96. The number of aromatic nitrogens is 1. The normalized spacial score (nSPS) is 13.4.